The van der Waals surface area contributed by atoms with Gasteiger partial charge in [-0.2, -0.15) is 0 Å². The molecule has 0 amide bonds. The lowest BCUT2D eigenvalue weighted by Gasteiger charge is -2.19. The van der Waals surface area contributed by atoms with Gasteiger partial charge in [0.1, 0.15) is 12.4 Å². The molecule has 0 bridgehead atoms. The lowest BCUT2D eigenvalue weighted by molar-refractivity contribution is -0.150. The van der Waals surface area contributed by atoms with Crippen molar-refractivity contribution >= 4 is 12.3 Å². The monoisotopic (exact) mass is 478 g/mol. The molecule has 0 aliphatic carbocycles. The van der Waals surface area contributed by atoms with Gasteiger partial charge in [-0.05, 0) is 38.0 Å². The molecule has 34 heavy (non-hydrogen) atoms. The number of hydrogen-bond acceptors (Lipinski definition) is 3. The highest BCUT2D eigenvalue weighted by Crippen LogP contribution is 2.20. The molecule has 0 radical (unpaired) electrons. The largest absolute Gasteiger partial charge is 0.462 e. The first kappa shape index (κ1) is 32.9. The molecule has 2 atom stereocenters. The molecule has 0 spiro atoms. The summed E-state index contributed by atoms with van der Waals surface area (Å²) in [5, 5.41) is 0. The normalized spacial score (nSPS) is 12.9. The molecule has 0 heterocycles. The molecule has 0 aromatic heterocycles. The van der Waals surface area contributed by atoms with E-state index in [1.807, 2.05) is 6.92 Å². The summed E-state index contributed by atoms with van der Waals surface area (Å²) in [6, 6.07) is 0. The van der Waals surface area contributed by atoms with E-state index in [0.29, 0.717) is 12.8 Å². The first-order valence-corrected chi connectivity index (χ1v) is 14.8. The summed E-state index contributed by atoms with van der Waals surface area (Å²) in [5.41, 5.74) is 1.29. The van der Waals surface area contributed by atoms with Gasteiger partial charge in [0, 0.05) is 12.8 Å². The van der Waals surface area contributed by atoms with Gasteiger partial charge in [0.05, 0.1) is 0 Å². The Kier molecular flexibility index (Phi) is 24.2. The molecule has 0 aliphatic heterocycles. The summed E-state index contributed by atoms with van der Waals surface area (Å²) in [4.78, 5) is 22.7. The van der Waals surface area contributed by atoms with Crippen molar-refractivity contribution in [1.29, 1.82) is 0 Å². The van der Waals surface area contributed by atoms with E-state index in [4.69, 9.17) is 4.74 Å². The molecule has 0 aromatic carbocycles. The summed E-state index contributed by atoms with van der Waals surface area (Å²) < 4.78 is 5.69. The number of unbranched alkanes of at least 4 members (excludes halogenated alkanes) is 14. The lowest BCUT2D eigenvalue weighted by atomic mass is 9.99. The number of allylic oxidation sites excluding steroid dienone is 1. The second-order valence-electron chi connectivity index (χ2n) is 10.6. The maximum absolute atomic E-state index is 12.1. The van der Waals surface area contributed by atoms with Crippen LogP contribution in [0.5, 0.6) is 0 Å². The Morgan fingerprint density at radius 2 is 1.24 bits per heavy atom. The number of aldehydes is 1. The minimum Gasteiger partial charge on any atom is -0.462 e. The highest BCUT2D eigenvalue weighted by Gasteiger charge is 2.16. The topological polar surface area (TPSA) is 43.4 Å². The van der Waals surface area contributed by atoms with Crippen LogP contribution >= 0.6 is 0 Å². The molecule has 200 valence electrons. The number of hydrogen-bond donors (Lipinski definition) is 0. The van der Waals surface area contributed by atoms with Gasteiger partial charge < -0.3 is 9.53 Å². The van der Waals surface area contributed by atoms with Crippen LogP contribution in [0.25, 0.3) is 0 Å². The number of carbonyl (C=O) groups excluding carboxylic acids is 2. The highest BCUT2D eigenvalue weighted by atomic mass is 16.5. The van der Waals surface area contributed by atoms with E-state index in [1.54, 1.807) is 0 Å². The van der Waals surface area contributed by atoms with E-state index in [0.717, 1.165) is 38.4 Å². The average Bonchev–Trinajstić information content (AvgIpc) is 2.80. The first-order chi connectivity index (χ1) is 16.5. The summed E-state index contributed by atoms with van der Waals surface area (Å²) >= 11 is 0. The number of carbonyl (C=O) groups is 2. The summed E-state index contributed by atoms with van der Waals surface area (Å²) in [6.45, 7) is 10.6. The van der Waals surface area contributed by atoms with E-state index < -0.39 is 0 Å². The molecule has 2 unspecified atom stereocenters. The third-order valence-corrected chi connectivity index (χ3v) is 6.88. The highest BCUT2D eigenvalue weighted by molar-refractivity contribution is 5.70. The Bertz CT molecular complexity index is 485. The van der Waals surface area contributed by atoms with E-state index in [2.05, 4.69) is 20.4 Å². The van der Waals surface area contributed by atoms with E-state index in [9.17, 15) is 9.59 Å². The van der Waals surface area contributed by atoms with Crippen LogP contribution in [0, 0.1) is 5.92 Å². The van der Waals surface area contributed by atoms with Crippen molar-refractivity contribution in [3.8, 4) is 0 Å². The molecule has 0 rings (SSSR count). The first-order valence-electron chi connectivity index (χ1n) is 14.8. The Morgan fingerprint density at radius 3 is 1.71 bits per heavy atom. The number of ether oxygens (including phenoxy) is 1. The molecule has 0 N–H and O–H groups in total. The Hall–Kier alpha value is -1.12. The van der Waals surface area contributed by atoms with Gasteiger partial charge in [-0.25, -0.2) is 0 Å². The standard InChI is InChI=1S/C31H58O3/c1-5-7-8-9-10-11-12-13-14-15-16-17-18-19-20-22-28(3)23-24-30(21-6-2)34-31(33)27-29(4)25-26-32/h26,29-30H,3,5-25,27H2,1-2,4H3. The quantitative estimate of drug-likeness (QED) is 0.0537. The smallest absolute Gasteiger partial charge is 0.306 e. The van der Waals surface area contributed by atoms with Crippen LogP contribution in [-0.4, -0.2) is 18.4 Å². The van der Waals surface area contributed by atoms with Crippen LogP contribution in [0.2, 0.25) is 0 Å². The molecule has 0 saturated carbocycles. The van der Waals surface area contributed by atoms with Crippen LogP contribution < -0.4 is 0 Å². The number of esters is 1. The zero-order valence-electron chi connectivity index (χ0n) is 23.2. The summed E-state index contributed by atoms with van der Waals surface area (Å²) in [5.74, 6) is -0.104. The van der Waals surface area contributed by atoms with Crippen LogP contribution in [0.4, 0.5) is 0 Å². The third kappa shape index (κ3) is 22.7. The van der Waals surface area contributed by atoms with Gasteiger partial charge in [-0.3, -0.25) is 4.79 Å². The second kappa shape index (κ2) is 25.0. The fourth-order valence-electron chi connectivity index (χ4n) is 4.59. The van der Waals surface area contributed by atoms with Crippen LogP contribution in [0.1, 0.15) is 162 Å². The molecule has 3 heteroatoms. The zero-order valence-corrected chi connectivity index (χ0v) is 23.2. The van der Waals surface area contributed by atoms with E-state index in [1.165, 1.54) is 102 Å². The molecular weight excluding hydrogens is 420 g/mol. The fourth-order valence-corrected chi connectivity index (χ4v) is 4.59. The van der Waals surface area contributed by atoms with Crippen molar-refractivity contribution in [3.63, 3.8) is 0 Å². The summed E-state index contributed by atoms with van der Waals surface area (Å²) in [6.07, 6.45) is 27.3. The molecule has 0 aliphatic rings. The number of rotatable bonds is 26. The molecule has 0 fully saturated rings. The maximum Gasteiger partial charge on any atom is 0.306 e. The van der Waals surface area contributed by atoms with Gasteiger partial charge in [-0.15, -0.1) is 0 Å². The SMILES string of the molecule is C=C(CCCCCCCCCCCCCCCCC)CCC(CCC)OC(=O)CC(C)CC=O. The molecule has 3 nitrogen and oxygen atoms in total. The molecular formula is C31H58O3. The minimum absolute atomic E-state index is 0.0151. The fraction of sp³-hybridized carbons (Fsp3) is 0.871. The predicted molar refractivity (Wildman–Crippen MR) is 147 cm³/mol. The van der Waals surface area contributed by atoms with E-state index in [-0.39, 0.29) is 18.0 Å². The lowest BCUT2D eigenvalue weighted by Crippen LogP contribution is -2.20. The van der Waals surface area contributed by atoms with E-state index >= 15 is 0 Å². The Morgan fingerprint density at radius 1 is 0.735 bits per heavy atom. The molecule has 0 aromatic rings. The second-order valence-corrected chi connectivity index (χ2v) is 10.6. The third-order valence-electron chi connectivity index (χ3n) is 6.88. The average molecular weight is 479 g/mol. The van der Waals surface area contributed by atoms with Crippen LogP contribution in [0.3, 0.4) is 0 Å². The van der Waals surface area contributed by atoms with Gasteiger partial charge >= 0.3 is 5.97 Å². The van der Waals surface area contributed by atoms with Crippen molar-refractivity contribution in [2.24, 2.45) is 5.92 Å². The molecule has 0 saturated heterocycles. The van der Waals surface area contributed by atoms with Gasteiger partial charge in [0.25, 0.3) is 0 Å². The van der Waals surface area contributed by atoms with Crippen molar-refractivity contribution < 1.29 is 14.3 Å². The van der Waals surface area contributed by atoms with Crippen LogP contribution in [0.15, 0.2) is 12.2 Å². The Balaban J connectivity index is 3.63. The van der Waals surface area contributed by atoms with Crippen molar-refractivity contribution in [3.05, 3.63) is 12.2 Å². The zero-order chi connectivity index (χ0) is 25.3. The van der Waals surface area contributed by atoms with Crippen molar-refractivity contribution in [2.45, 2.75) is 168 Å². The van der Waals surface area contributed by atoms with Gasteiger partial charge in [0.2, 0.25) is 0 Å². The minimum atomic E-state index is -0.166. The van der Waals surface area contributed by atoms with Crippen LogP contribution in [-0.2, 0) is 14.3 Å². The predicted octanol–water partition coefficient (Wildman–Crippen LogP) is 9.91. The summed E-state index contributed by atoms with van der Waals surface area (Å²) in [7, 11) is 0. The Labute approximate surface area is 212 Å². The van der Waals surface area contributed by atoms with Crippen molar-refractivity contribution in [1.82, 2.24) is 0 Å². The maximum atomic E-state index is 12.1. The van der Waals surface area contributed by atoms with Gasteiger partial charge in [-0.1, -0.05) is 129 Å². The van der Waals surface area contributed by atoms with Gasteiger partial charge in [0.15, 0.2) is 0 Å². The van der Waals surface area contributed by atoms with Crippen molar-refractivity contribution in [2.75, 3.05) is 0 Å².